The zero-order chi connectivity index (χ0) is 14.7. The molecule has 114 valence electrons. The summed E-state index contributed by atoms with van der Waals surface area (Å²) in [5, 5.41) is 6.50. The van der Waals surface area contributed by atoms with Gasteiger partial charge in [0.1, 0.15) is 5.75 Å². The maximum Gasteiger partial charge on any atom is 0.223 e. The first-order valence-corrected chi connectivity index (χ1v) is 7.92. The lowest BCUT2D eigenvalue weighted by Crippen LogP contribution is -2.43. The number of amides is 1. The van der Waals surface area contributed by atoms with E-state index in [9.17, 15) is 4.79 Å². The number of ether oxygens (including phenoxy) is 1. The minimum Gasteiger partial charge on any atom is -0.496 e. The number of hydrogen-bond donors (Lipinski definition) is 2. The van der Waals surface area contributed by atoms with E-state index in [1.54, 1.807) is 7.11 Å². The highest BCUT2D eigenvalue weighted by Crippen LogP contribution is 2.40. The number of hydrogen-bond acceptors (Lipinski definition) is 3. The molecule has 0 atom stereocenters. The molecule has 1 aromatic carbocycles. The van der Waals surface area contributed by atoms with Gasteiger partial charge in [-0.05, 0) is 43.2 Å². The minimum absolute atomic E-state index is 0.234. The van der Waals surface area contributed by atoms with Crippen LogP contribution in [0.5, 0.6) is 5.75 Å². The van der Waals surface area contributed by atoms with Crippen molar-refractivity contribution in [3.8, 4) is 5.75 Å². The molecule has 0 radical (unpaired) electrons. The molecule has 0 spiro atoms. The van der Waals surface area contributed by atoms with Gasteiger partial charge in [-0.25, -0.2) is 0 Å². The molecule has 1 amide bonds. The van der Waals surface area contributed by atoms with Crippen molar-refractivity contribution in [2.45, 2.75) is 37.6 Å². The van der Waals surface area contributed by atoms with Gasteiger partial charge in [-0.1, -0.05) is 18.2 Å². The Morgan fingerprint density at radius 1 is 1.24 bits per heavy atom. The van der Waals surface area contributed by atoms with Crippen LogP contribution in [0.15, 0.2) is 24.3 Å². The number of carbonyl (C=O) groups is 1. The zero-order valence-electron chi connectivity index (χ0n) is 12.6. The van der Waals surface area contributed by atoms with Crippen LogP contribution >= 0.6 is 0 Å². The molecule has 0 aromatic heterocycles. The van der Waals surface area contributed by atoms with Crippen LogP contribution in [0.2, 0.25) is 0 Å². The molecule has 0 saturated heterocycles. The van der Waals surface area contributed by atoms with Gasteiger partial charge < -0.3 is 15.4 Å². The van der Waals surface area contributed by atoms with Crippen molar-refractivity contribution in [3.63, 3.8) is 0 Å². The fourth-order valence-corrected chi connectivity index (χ4v) is 2.99. The van der Waals surface area contributed by atoms with Gasteiger partial charge in [-0.15, -0.1) is 0 Å². The van der Waals surface area contributed by atoms with Crippen LogP contribution in [0.25, 0.3) is 0 Å². The largest absolute Gasteiger partial charge is 0.496 e. The Bertz CT molecular complexity index is 493. The first kappa shape index (κ1) is 14.4. The van der Waals surface area contributed by atoms with Crippen molar-refractivity contribution in [2.24, 2.45) is 5.92 Å². The predicted molar refractivity (Wildman–Crippen MR) is 82.5 cm³/mol. The first-order valence-electron chi connectivity index (χ1n) is 7.92. The van der Waals surface area contributed by atoms with Crippen LogP contribution in [0.3, 0.4) is 0 Å². The standard InChI is InChI=1S/C17H24N2O2/c1-21-16-5-3-2-4-15(16)13-10-14(11-13)18-8-9-19-17(20)12-6-7-12/h2-5,12-14,18H,6-11H2,1H3,(H,19,20). The van der Waals surface area contributed by atoms with E-state index in [0.29, 0.717) is 17.9 Å². The molecule has 0 bridgehead atoms. The zero-order valence-corrected chi connectivity index (χ0v) is 12.6. The van der Waals surface area contributed by atoms with Gasteiger partial charge in [0.2, 0.25) is 5.91 Å². The number of nitrogens with one attached hydrogen (secondary N) is 2. The highest BCUT2D eigenvalue weighted by molar-refractivity contribution is 5.80. The van der Waals surface area contributed by atoms with E-state index in [-0.39, 0.29) is 5.91 Å². The summed E-state index contributed by atoms with van der Waals surface area (Å²) in [6.07, 6.45) is 4.44. The third-order valence-electron chi connectivity index (χ3n) is 4.52. The molecule has 2 aliphatic rings. The van der Waals surface area contributed by atoms with E-state index < -0.39 is 0 Å². The van der Waals surface area contributed by atoms with Crippen LogP contribution in [0.1, 0.15) is 37.2 Å². The summed E-state index contributed by atoms with van der Waals surface area (Å²) in [7, 11) is 1.73. The Balaban J connectivity index is 1.35. The van der Waals surface area contributed by atoms with Crippen molar-refractivity contribution >= 4 is 5.91 Å². The van der Waals surface area contributed by atoms with E-state index in [1.165, 1.54) is 5.56 Å². The Hall–Kier alpha value is -1.55. The molecule has 2 aliphatic carbocycles. The molecule has 3 rings (SSSR count). The second-order valence-corrected chi connectivity index (χ2v) is 6.13. The van der Waals surface area contributed by atoms with Crippen molar-refractivity contribution in [3.05, 3.63) is 29.8 Å². The summed E-state index contributed by atoms with van der Waals surface area (Å²) in [5.41, 5.74) is 1.32. The molecule has 0 aliphatic heterocycles. The Labute approximate surface area is 126 Å². The Kier molecular flexibility index (Phi) is 4.44. The van der Waals surface area contributed by atoms with Crippen molar-refractivity contribution in [2.75, 3.05) is 20.2 Å². The second-order valence-electron chi connectivity index (χ2n) is 6.13. The fourth-order valence-electron chi connectivity index (χ4n) is 2.99. The highest BCUT2D eigenvalue weighted by atomic mass is 16.5. The van der Waals surface area contributed by atoms with E-state index in [0.717, 1.165) is 44.5 Å². The van der Waals surface area contributed by atoms with Crippen LogP contribution in [-0.2, 0) is 4.79 Å². The third kappa shape index (κ3) is 3.56. The van der Waals surface area contributed by atoms with Gasteiger partial charge in [0.25, 0.3) is 0 Å². The topological polar surface area (TPSA) is 50.4 Å². The molecule has 4 nitrogen and oxygen atoms in total. The minimum atomic E-state index is 0.234. The van der Waals surface area contributed by atoms with Crippen LogP contribution < -0.4 is 15.4 Å². The normalized spacial score (nSPS) is 24.2. The summed E-state index contributed by atoms with van der Waals surface area (Å²) >= 11 is 0. The van der Waals surface area contributed by atoms with Crippen molar-refractivity contribution < 1.29 is 9.53 Å². The quantitative estimate of drug-likeness (QED) is 0.755. The molecule has 2 saturated carbocycles. The first-order chi connectivity index (χ1) is 10.3. The van der Waals surface area contributed by atoms with E-state index in [4.69, 9.17) is 4.74 Å². The van der Waals surface area contributed by atoms with Gasteiger partial charge in [-0.3, -0.25) is 4.79 Å². The number of methoxy groups -OCH3 is 1. The van der Waals surface area contributed by atoms with Gasteiger partial charge >= 0.3 is 0 Å². The Morgan fingerprint density at radius 3 is 2.71 bits per heavy atom. The number of rotatable bonds is 7. The fraction of sp³-hybridized carbons (Fsp3) is 0.588. The van der Waals surface area contributed by atoms with Gasteiger partial charge in [-0.2, -0.15) is 0 Å². The van der Waals surface area contributed by atoms with Crippen molar-refractivity contribution in [1.82, 2.24) is 10.6 Å². The van der Waals surface area contributed by atoms with Crippen LogP contribution in [0.4, 0.5) is 0 Å². The number of benzene rings is 1. The lowest BCUT2D eigenvalue weighted by atomic mass is 9.75. The summed E-state index contributed by atoms with van der Waals surface area (Å²) in [4.78, 5) is 11.5. The van der Waals surface area contributed by atoms with Crippen molar-refractivity contribution in [1.29, 1.82) is 0 Å². The molecule has 21 heavy (non-hydrogen) atoms. The maximum absolute atomic E-state index is 11.5. The average molecular weight is 288 g/mol. The molecule has 0 unspecified atom stereocenters. The summed E-state index contributed by atoms with van der Waals surface area (Å²) in [5.74, 6) is 2.14. The van der Waals surface area contributed by atoms with Crippen LogP contribution in [0, 0.1) is 5.92 Å². The highest BCUT2D eigenvalue weighted by Gasteiger charge is 2.32. The number of para-hydroxylation sites is 1. The SMILES string of the molecule is COc1ccccc1C1CC(NCCNC(=O)C2CC2)C1. The molecular weight excluding hydrogens is 264 g/mol. The molecule has 1 aromatic rings. The Morgan fingerprint density at radius 2 is 2.00 bits per heavy atom. The lowest BCUT2D eigenvalue weighted by molar-refractivity contribution is -0.122. The van der Waals surface area contributed by atoms with Gasteiger partial charge in [0.15, 0.2) is 0 Å². The average Bonchev–Trinajstić information content (AvgIpc) is 3.29. The third-order valence-corrected chi connectivity index (χ3v) is 4.52. The van der Waals surface area contributed by atoms with E-state index in [1.807, 2.05) is 12.1 Å². The molecule has 2 fully saturated rings. The monoisotopic (exact) mass is 288 g/mol. The van der Waals surface area contributed by atoms with E-state index >= 15 is 0 Å². The van der Waals surface area contributed by atoms with Crippen LogP contribution in [-0.4, -0.2) is 32.1 Å². The van der Waals surface area contributed by atoms with Gasteiger partial charge in [0.05, 0.1) is 7.11 Å². The summed E-state index contributed by atoms with van der Waals surface area (Å²) < 4.78 is 5.42. The smallest absolute Gasteiger partial charge is 0.223 e. The summed E-state index contributed by atoms with van der Waals surface area (Å²) in [6, 6.07) is 8.85. The summed E-state index contributed by atoms with van der Waals surface area (Å²) in [6.45, 7) is 1.60. The molecule has 0 heterocycles. The lowest BCUT2D eigenvalue weighted by Gasteiger charge is -2.37. The molecule has 2 N–H and O–H groups in total. The predicted octanol–water partition coefficient (Wildman–Crippen LogP) is 2.06. The number of carbonyl (C=O) groups excluding carboxylic acids is 1. The molecular formula is C17H24N2O2. The van der Waals surface area contributed by atoms with Gasteiger partial charge in [0, 0.05) is 25.0 Å². The maximum atomic E-state index is 11.5. The second kappa shape index (κ2) is 6.48. The molecule has 4 heteroatoms. The van der Waals surface area contributed by atoms with E-state index in [2.05, 4.69) is 22.8 Å².